The lowest BCUT2D eigenvalue weighted by atomic mass is 10.0. The Labute approximate surface area is 143 Å². The van der Waals surface area contributed by atoms with E-state index in [9.17, 15) is 8.42 Å². The highest BCUT2D eigenvalue weighted by Crippen LogP contribution is 2.31. The molecule has 0 spiro atoms. The first kappa shape index (κ1) is 15.5. The van der Waals surface area contributed by atoms with Gasteiger partial charge in [-0.25, -0.2) is 8.42 Å². The Hall–Kier alpha value is -2.03. The van der Waals surface area contributed by atoms with Crippen LogP contribution in [0, 0.1) is 6.92 Å². The molecular weight excluding hydrogens is 346 g/mol. The summed E-state index contributed by atoms with van der Waals surface area (Å²) in [5, 5.41) is 5.58. The molecule has 0 saturated heterocycles. The van der Waals surface area contributed by atoms with Gasteiger partial charge in [0.15, 0.2) is 0 Å². The van der Waals surface area contributed by atoms with Gasteiger partial charge in [0.05, 0.1) is 0 Å². The minimum atomic E-state index is -3.52. The van der Waals surface area contributed by atoms with E-state index in [1.165, 1.54) is 21.2 Å². The zero-order valence-electron chi connectivity index (χ0n) is 13.0. The van der Waals surface area contributed by atoms with Crippen molar-refractivity contribution in [3.63, 3.8) is 0 Å². The van der Waals surface area contributed by atoms with Crippen molar-refractivity contribution < 1.29 is 12.9 Å². The second-order valence-corrected chi connectivity index (χ2v) is 8.72. The molecule has 3 heterocycles. The number of sulfonamides is 1. The van der Waals surface area contributed by atoms with Crippen LogP contribution in [0.3, 0.4) is 0 Å². The van der Waals surface area contributed by atoms with E-state index in [-0.39, 0.29) is 0 Å². The predicted octanol–water partition coefficient (Wildman–Crippen LogP) is 2.85. The van der Waals surface area contributed by atoms with E-state index in [4.69, 9.17) is 4.52 Å². The van der Waals surface area contributed by atoms with Gasteiger partial charge in [0.1, 0.15) is 4.21 Å². The van der Waals surface area contributed by atoms with Crippen molar-refractivity contribution >= 4 is 21.4 Å². The average Bonchev–Trinajstić information content (AvgIpc) is 3.23. The molecule has 0 N–H and O–H groups in total. The molecule has 0 unspecified atom stereocenters. The third-order valence-corrected chi connectivity index (χ3v) is 7.31. The molecule has 24 heavy (non-hydrogen) atoms. The Balaban J connectivity index is 1.63. The van der Waals surface area contributed by atoms with E-state index in [2.05, 4.69) is 16.2 Å². The Bertz CT molecular complexity index is 991. The number of benzene rings is 1. The average molecular weight is 361 g/mol. The summed E-state index contributed by atoms with van der Waals surface area (Å²) in [6, 6.07) is 9.59. The van der Waals surface area contributed by atoms with Gasteiger partial charge >= 0.3 is 0 Å². The second kappa shape index (κ2) is 5.80. The molecule has 0 radical (unpaired) electrons. The van der Waals surface area contributed by atoms with Gasteiger partial charge in [-0.15, -0.1) is 11.3 Å². The highest BCUT2D eigenvalue weighted by Gasteiger charge is 2.29. The number of aromatic nitrogens is 2. The Morgan fingerprint density at radius 3 is 2.79 bits per heavy atom. The molecular formula is C16H15N3O3S2. The van der Waals surface area contributed by atoms with E-state index in [0.717, 1.165) is 12.0 Å². The van der Waals surface area contributed by atoms with Crippen LogP contribution in [-0.2, 0) is 23.0 Å². The summed E-state index contributed by atoms with van der Waals surface area (Å²) in [5.41, 5.74) is 2.95. The number of hydrogen-bond acceptors (Lipinski definition) is 6. The number of thiophene rings is 1. The number of fused-ring (bicyclic) bond motifs is 1. The van der Waals surface area contributed by atoms with Crippen LogP contribution in [0.25, 0.3) is 11.4 Å². The SMILES string of the molecule is Cc1nc(-c2csc(S(=O)(=O)N3CCc4ccccc4C3)c2)no1. The first-order chi connectivity index (χ1) is 11.5. The first-order valence-electron chi connectivity index (χ1n) is 7.50. The van der Waals surface area contributed by atoms with Crippen molar-refractivity contribution in [1.29, 1.82) is 0 Å². The minimum Gasteiger partial charge on any atom is -0.339 e. The molecule has 0 saturated carbocycles. The van der Waals surface area contributed by atoms with Crippen LogP contribution in [-0.4, -0.2) is 29.4 Å². The van der Waals surface area contributed by atoms with Gasteiger partial charge in [-0.1, -0.05) is 29.4 Å². The third-order valence-electron chi connectivity index (χ3n) is 4.05. The molecule has 0 bridgehead atoms. The Kier molecular flexibility index (Phi) is 3.75. The summed E-state index contributed by atoms with van der Waals surface area (Å²) < 4.78 is 32.6. The van der Waals surface area contributed by atoms with Crippen molar-refractivity contribution in [1.82, 2.24) is 14.4 Å². The summed E-state index contributed by atoms with van der Waals surface area (Å²) in [6.45, 7) is 2.60. The van der Waals surface area contributed by atoms with Crippen LogP contribution in [0.4, 0.5) is 0 Å². The zero-order valence-corrected chi connectivity index (χ0v) is 14.6. The summed E-state index contributed by atoms with van der Waals surface area (Å²) in [7, 11) is -3.52. The van der Waals surface area contributed by atoms with E-state index >= 15 is 0 Å². The number of hydrogen-bond donors (Lipinski definition) is 0. The first-order valence-corrected chi connectivity index (χ1v) is 9.82. The maximum atomic E-state index is 12.9. The smallest absolute Gasteiger partial charge is 0.252 e. The fourth-order valence-corrected chi connectivity index (χ4v) is 5.52. The Morgan fingerprint density at radius 2 is 2.04 bits per heavy atom. The van der Waals surface area contributed by atoms with Crippen molar-refractivity contribution in [2.24, 2.45) is 0 Å². The molecule has 4 rings (SSSR count). The number of nitrogens with zero attached hydrogens (tertiary/aromatic N) is 3. The normalized spacial score (nSPS) is 15.4. The molecule has 6 nitrogen and oxygen atoms in total. The molecule has 1 aromatic carbocycles. The van der Waals surface area contributed by atoms with Crippen LogP contribution in [0.2, 0.25) is 0 Å². The topological polar surface area (TPSA) is 76.3 Å². The quantitative estimate of drug-likeness (QED) is 0.717. The lowest BCUT2D eigenvalue weighted by Gasteiger charge is -2.27. The molecule has 0 atom stereocenters. The van der Waals surface area contributed by atoms with E-state index in [1.54, 1.807) is 18.4 Å². The highest BCUT2D eigenvalue weighted by atomic mass is 32.2. The molecule has 0 fully saturated rings. The molecule has 2 aromatic heterocycles. The fraction of sp³-hybridized carbons (Fsp3) is 0.250. The van der Waals surface area contributed by atoms with Crippen LogP contribution in [0.5, 0.6) is 0 Å². The summed E-state index contributed by atoms with van der Waals surface area (Å²) in [6.07, 6.45) is 0.734. The standard InChI is InChI=1S/C16H15N3O3S2/c1-11-17-16(18-22-11)14-8-15(23-10-14)24(20,21)19-7-6-12-4-2-3-5-13(12)9-19/h2-5,8,10H,6-7,9H2,1H3. The van der Waals surface area contributed by atoms with Gasteiger partial charge in [-0.05, 0) is 23.6 Å². The molecule has 124 valence electrons. The molecule has 8 heteroatoms. The maximum absolute atomic E-state index is 12.9. The van der Waals surface area contributed by atoms with Crippen LogP contribution in [0.15, 0.2) is 44.4 Å². The van der Waals surface area contributed by atoms with Crippen molar-refractivity contribution in [3.8, 4) is 11.4 Å². The van der Waals surface area contributed by atoms with E-state index in [0.29, 0.717) is 34.6 Å². The van der Waals surface area contributed by atoms with E-state index in [1.807, 2.05) is 18.2 Å². The predicted molar refractivity (Wildman–Crippen MR) is 90.1 cm³/mol. The number of rotatable bonds is 3. The van der Waals surface area contributed by atoms with Crippen molar-refractivity contribution in [2.75, 3.05) is 6.54 Å². The molecule has 3 aromatic rings. The largest absolute Gasteiger partial charge is 0.339 e. The van der Waals surface area contributed by atoms with Crippen LogP contribution >= 0.6 is 11.3 Å². The molecule has 1 aliphatic rings. The monoisotopic (exact) mass is 361 g/mol. The summed E-state index contributed by atoms with van der Waals surface area (Å²) in [5.74, 6) is 0.863. The van der Waals surface area contributed by atoms with Gasteiger partial charge in [0, 0.05) is 31.0 Å². The van der Waals surface area contributed by atoms with Crippen molar-refractivity contribution in [3.05, 3.63) is 52.7 Å². The second-order valence-electron chi connectivity index (χ2n) is 5.65. The lowest BCUT2D eigenvalue weighted by molar-refractivity contribution is 0.392. The fourth-order valence-electron chi connectivity index (χ4n) is 2.79. The van der Waals surface area contributed by atoms with Crippen LogP contribution in [0.1, 0.15) is 17.0 Å². The highest BCUT2D eigenvalue weighted by molar-refractivity contribution is 7.91. The maximum Gasteiger partial charge on any atom is 0.252 e. The molecule has 0 amide bonds. The lowest BCUT2D eigenvalue weighted by Crippen LogP contribution is -2.35. The molecule has 0 aliphatic carbocycles. The number of aryl methyl sites for hydroxylation is 1. The van der Waals surface area contributed by atoms with Crippen LogP contribution < -0.4 is 0 Å². The van der Waals surface area contributed by atoms with Gasteiger partial charge < -0.3 is 4.52 Å². The van der Waals surface area contributed by atoms with Gasteiger partial charge in [-0.2, -0.15) is 9.29 Å². The van der Waals surface area contributed by atoms with Crippen molar-refractivity contribution in [2.45, 2.75) is 24.1 Å². The minimum absolute atomic E-state index is 0.305. The van der Waals surface area contributed by atoms with Gasteiger partial charge in [0.2, 0.25) is 11.7 Å². The van der Waals surface area contributed by atoms with E-state index < -0.39 is 10.0 Å². The van der Waals surface area contributed by atoms with Gasteiger partial charge in [0.25, 0.3) is 10.0 Å². The Morgan fingerprint density at radius 1 is 1.25 bits per heavy atom. The third kappa shape index (κ3) is 2.66. The zero-order chi connectivity index (χ0) is 16.7. The summed E-state index contributed by atoms with van der Waals surface area (Å²) >= 11 is 1.18. The summed E-state index contributed by atoms with van der Waals surface area (Å²) in [4.78, 5) is 4.14. The van der Waals surface area contributed by atoms with Gasteiger partial charge in [-0.3, -0.25) is 0 Å². The molecule has 1 aliphatic heterocycles.